The van der Waals surface area contributed by atoms with E-state index in [0.29, 0.717) is 12.8 Å². The molecule has 0 bridgehead atoms. The number of carboxylic acids is 1. The van der Waals surface area contributed by atoms with E-state index >= 15 is 0 Å². The Morgan fingerprint density at radius 3 is 2.40 bits per heavy atom. The molecule has 1 heterocycles. The van der Waals surface area contributed by atoms with Gasteiger partial charge in [0.1, 0.15) is 0 Å². The maximum absolute atomic E-state index is 11.9. The molecule has 0 aromatic heterocycles. The minimum absolute atomic E-state index is 0.0783. The molecule has 0 radical (unpaired) electrons. The number of nitrogens with one attached hydrogen (secondary N) is 1. The van der Waals surface area contributed by atoms with Crippen LogP contribution in [0.3, 0.4) is 0 Å². The van der Waals surface area contributed by atoms with Crippen LogP contribution in [-0.4, -0.2) is 42.9 Å². The lowest BCUT2D eigenvalue weighted by molar-refractivity contribution is -0.153. The second kappa shape index (κ2) is 6.11. The van der Waals surface area contributed by atoms with Gasteiger partial charge in [-0.15, -0.1) is 0 Å². The SMILES string of the molecule is CC(C)C(C)(CC(=O)NCC1CCCS1(=O)=O)C(=O)O. The summed E-state index contributed by atoms with van der Waals surface area (Å²) in [4.78, 5) is 23.2. The number of carboxylic acid groups (broad SMARTS) is 1. The highest BCUT2D eigenvalue weighted by Gasteiger charge is 2.39. The Balaban J connectivity index is 2.58. The molecular formula is C13H23NO5S. The summed E-state index contributed by atoms with van der Waals surface area (Å²) >= 11 is 0. The molecule has 1 rings (SSSR count). The normalized spacial score (nSPS) is 24.3. The molecule has 1 aliphatic heterocycles. The zero-order valence-electron chi connectivity index (χ0n) is 12.2. The second-order valence-corrected chi connectivity index (χ2v) is 8.39. The Labute approximate surface area is 119 Å². The number of amides is 1. The molecule has 7 heteroatoms. The fourth-order valence-electron chi connectivity index (χ4n) is 2.24. The lowest BCUT2D eigenvalue weighted by Crippen LogP contribution is -2.41. The van der Waals surface area contributed by atoms with E-state index in [-0.39, 0.29) is 24.6 Å². The maximum atomic E-state index is 11.9. The first-order valence-corrected chi connectivity index (χ1v) is 8.53. The minimum atomic E-state index is -3.09. The molecule has 1 fully saturated rings. The Bertz CT molecular complexity index is 485. The standard InChI is InChI=1S/C13H23NO5S/c1-9(2)13(3,12(16)17)7-11(15)14-8-10-5-4-6-20(10,18)19/h9-10H,4-8H2,1-3H3,(H,14,15)(H,16,17). The van der Waals surface area contributed by atoms with Crippen LogP contribution in [-0.2, 0) is 19.4 Å². The van der Waals surface area contributed by atoms with Gasteiger partial charge in [-0.2, -0.15) is 0 Å². The van der Waals surface area contributed by atoms with E-state index in [4.69, 9.17) is 0 Å². The molecule has 0 aromatic rings. The summed E-state index contributed by atoms with van der Waals surface area (Å²) in [6.07, 6.45) is 1.04. The Morgan fingerprint density at radius 1 is 1.40 bits per heavy atom. The molecule has 1 saturated heterocycles. The molecule has 0 spiro atoms. The molecule has 1 amide bonds. The van der Waals surface area contributed by atoms with Crippen LogP contribution in [0.4, 0.5) is 0 Å². The van der Waals surface area contributed by atoms with Gasteiger partial charge >= 0.3 is 5.97 Å². The van der Waals surface area contributed by atoms with Crippen LogP contribution in [0.1, 0.15) is 40.0 Å². The molecular weight excluding hydrogens is 282 g/mol. The van der Waals surface area contributed by atoms with Crippen molar-refractivity contribution >= 4 is 21.7 Å². The lowest BCUT2D eigenvalue weighted by atomic mass is 9.76. The molecule has 20 heavy (non-hydrogen) atoms. The number of carbonyl (C=O) groups excluding carboxylic acids is 1. The number of sulfone groups is 1. The van der Waals surface area contributed by atoms with E-state index < -0.39 is 32.4 Å². The maximum Gasteiger partial charge on any atom is 0.310 e. The average Bonchev–Trinajstić information content (AvgIpc) is 2.65. The van der Waals surface area contributed by atoms with Crippen LogP contribution < -0.4 is 5.32 Å². The van der Waals surface area contributed by atoms with E-state index in [1.54, 1.807) is 13.8 Å². The number of hydrogen-bond acceptors (Lipinski definition) is 4. The topological polar surface area (TPSA) is 101 Å². The third kappa shape index (κ3) is 3.71. The summed E-state index contributed by atoms with van der Waals surface area (Å²) in [5, 5.41) is 11.3. The van der Waals surface area contributed by atoms with Crippen LogP contribution in [0, 0.1) is 11.3 Å². The highest BCUT2D eigenvalue weighted by molar-refractivity contribution is 7.92. The molecule has 6 nitrogen and oxygen atoms in total. The van der Waals surface area contributed by atoms with Crippen molar-refractivity contribution in [1.82, 2.24) is 5.32 Å². The fraction of sp³-hybridized carbons (Fsp3) is 0.846. The number of carbonyl (C=O) groups is 2. The van der Waals surface area contributed by atoms with E-state index in [9.17, 15) is 23.1 Å². The van der Waals surface area contributed by atoms with Gasteiger partial charge in [-0.25, -0.2) is 8.42 Å². The first-order chi connectivity index (χ1) is 9.09. The van der Waals surface area contributed by atoms with Gasteiger partial charge in [0.25, 0.3) is 0 Å². The van der Waals surface area contributed by atoms with Gasteiger partial charge in [0.15, 0.2) is 9.84 Å². The van der Waals surface area contributed by atoms with Crippen molar-refractivity contribution in [2.75, 3.05) is 12.3 Å². The molecule has 2 unspecified atom stereocenters. The Kier molecular flexibility index (Phi) is 5.18. The predicted octanol–water partition coefficient (Wildman–Crippen LogP) is 0.817. The first-order valence-electron chi connectivity index (χ1n) is 6.81. The van der Waals surface area contributed by atoms with E-state index in [0.717, 1.165) is 0 Å². The van der Waals surface area contributed by atoms with Gasteiger partial charge in [-0.1, -0.05) is 13.8 Å². The molecule has 2 N–H and O–H groups in total. The van der Waals surface area contributed by atoms with Crippen molar-refractivity contribution in [1.29, 1.82) is 0 Å². The molecule has 0 aliphatic carbocycles. The van der Waals surface area contributed by atoms with E-state index in [1.807, 2.05) is 0 Å². The summed E-state index contributed by atoms with van der Waals surface area (Å²) in [6.45, 7) is 5.12. The predicted molar refractivity (Wildman–Crippen MR) is 75.0 cm³/mol. The van der Waals surface area contributed by atoms with Gasteiger partial charge in [-0.3, -0.25) is 9.59 Å². The largest absolute Gasteiger partial charge is 0.481 e. The second-order valence-electron chi connectivity index (χ2n) is 5.99. The summed E-state index contributed by atoms with van der Waals surface area (Å²) in [5.41, 5.74) is -1.14. The van der Waals surface area contributed by atoms with Crippen LogP contribution in [0.5, 0.6) is 0 Å². The van der Waals surface area contributed by atoms with Crippen molar-refractivity contribution in [3.63, 3.8) is 0 Å². The van der Waals surface area contributed by atoms with Crippen LogP contribution >= 0.6 is 0 Å². The minimum Gasteiger partial charge on any atom is -0.481 e. The highest BCUT2D eigenvalue weighted by atomic mass is 32.2. The van der Waals surface area contributed by atoms with Crippen LogP contribution in [0.25, 0.3) is 0 Å². The van der Waals surface area contributed by atoms with Gasteiger partial charge in [0.2, 0.25) is 5.91 Å². The summed E-state index contributed by atoms with van der Waals surface area (Å²) in [5.74, 6) is -1.45. The van der Waals surface area contributed by atoms with Crippen molar-refractivity contribution < 1.29 is 23.1 Å². The lowest BCUT2D eigenvalue weighted by Gasteiger charge is -2.28. The summed E-state index contributed by atoms with van der Waals surface area (Å²) in [6, 6.07) is 0. The van der Waals surface area contributed by atoms with Crippen LogP contribution in [0.2, 0.25) is 0 Å². The number of rotatable bonds is 6. The number of hydrogen-bond donors (Lipinski definition) is 2. The molecule has 1 aliphatic rings. The average molecular weight is 305 g/mol. The molecule has 2 atom stereocenters. The third-order valence-electron chi connectivity index (χ3n) is 4.28. The van der Waals surface area contributed by atoms with E-state index in [2.05, 4.69) is 5.32 Å². The van der Waals surface area contributed by atoms with Crippen molar-refractivity contribution in [3.8, 4) is 0 Å². The van der Waals surface area contributed by atoms with E-state index in [1.165, 1.54) is 6.92 Å². The monoisotopic (exact) mass is 305 g/mol. The number of aliphatic carboxylic acids is 1. The van der Waals surface area contributed by atoms with Gasteiger partial charge in [0.05, 0.1) is 16.4 Å². The summed E-state index contributed by atoms with van der Waals surface area (Å²) < 4.78 is 23.3. The zero-order valence-corrected chi connectivity index (χ0v) is 13.0. The van der Waals surface area contributed by atoms with Crippen LogP contribution in [0.15, 0.2) is 0 Å². The Hall–Kier alpha value is -1.11. The first kappa shape index (κ1) is 16.9. The fourth-order valence-corrected chi connectivity index (χ4v) is 4.00. The zero-order chi connectivity index (χ0) is 15.6. The summed E-state index contributed by atoms with van der Waals surface area (Å²) in [7, 11) is -3.09. The molecule has 0 aromatic carbocycles. The quantitative estimate of drug-likeness (QED) is 0.756. The van der Waals surface area contributed by atoms with Crippen molar-refractivity contribution in [3.05, 3.63) is 0 Å². The van der Waals surface area contributed by atoms with Crippen molar-refractivity contribution in [2.45, 2.75) is 45.3 Å². The smallest absolute Gasteiger partial charge is 0.310 e. The van der Waals surface area contributed by atoms with Gasteiger partial charge in [0, 0.05) is 13.0 Å². The van der Waals surface area contributed by atoms with Crippen molar-refractivity contribution in [2.24, 2.45) is 11.3 Å². The van der Waals surface area contributed by atoms with Gasteiger partial charge < -0.3 is 10.4 Å². The Morgan fingerprint density at radius 2 is 2.00 bits per heavy atom. The molecule has 116 valence electrons. The third-order valence-corrected chi connectivity index (χ3v) is 6.56. The highest BCUT2D eigenvalue weighted by Crippen LogP contribution is 2.31. The van der Waals surface area contributed by atoms with Gasteiger partial charge in [-0.05, 0) is 25.7 Å². The molecule has 0 saturated carbocycles.